The van der Waals surface area contributed by atoms with E-state index in [1.807, 2.05) is 0 Å². The Kier molecular flexibility index (Phi) is 3.89. The van der Waals surface area contributed by atoms with Crippen LogP contribution >= 0.6 is 11.6 Å². The minimum Gasteiger partial charge on any atom is -0.355 e. The van der Waals surface area contributed by atoms with Crippen LogP contribution in [0.15, 0.2) is 12.3 Å². The van der Waals surface area contributed by atoms with Crippen LogP contribution in [0.2, 0.25) is 0 Å². The molecule has 5 heteroatoms. The number of nitrogens with zero attached hydrogens (tertiary/aromatic N) is 3. The first-order chi connectivity index (χ1) is 9.28. The summed E-state index contributed by atoms with van der Waals surface area (Å²) in [4.78, 5) is 9.06. The Morgan fingerprint density at radius 3 is 2.84 bits per heavy atom. The molecular weight excluding hydrogens is 265 g/mol. The van der Waals surface area contributed by atoms with Crippen molar-refractivity contribution in [3.05, 3.63) is 23.6 Å². The smallest absolute Gasteiger partial charge is 0.141 e. The van der Waals surface area contributed by atoms with Gasteiger partial charge in [-0.3, -0.25) is 4.90 Å². The van der Waals surface area contributed by atoms with Crippen molar-refractivity contribution in [2.24, 2.45) is 0 Å². The third-order valence-corrected chi connectivity index (χ3v) is 4.46. The van der Waals surface area contributed by atoms with Crippen molar-refractivity contribution in [2.75, 3.05) is 31.1 Å². The Hall–Kier alpha value is -0.870. The minimum absolute atomic E-state index is 0.310. The number of alkyl halides is 1. The third kappa shape index (κ3) is 2.70. The van der Waals surface area contributed by atoms with Gasteiger partial charge >= 0.3 is 0 Å². The van der Waals surface area contributed by atoms with Crippen LogP contribution in [0.25, 0.3) is 0 Å². The molecule has 104 valence electrons. The van der Waals surface area contributed by atoms with Gasteiger partial charge in [0.15, 0.2) is 0 Å². The molecule has 0 radical (unpaired) electrons. The van der Waals surface area contributed by atoms with E-state index in [0.717, 1.165) is 24.5 Å². The van der Waals surface area contributed by atoms with Crippen LogP contribution < -0.4 is 4.90 Å². The van der Waals surface area contributed by atoms with E-state index in [2.05, 4.69) is 14.8 Å². The molecule has 0 N–H and O–H groups in total. The summed E-state index contributed by atoms with van der Waals surface area (Å²) < 4.78 is 13.2. The normalized spacial score (nSPS) is 24.3. The number of halogens is 2. The van der Waals surface area contributed by atoms with E-state index in [0.29, 0.717) is 11.9 Å². The van der Waals surface area contributed by atoms with Gasteiger partial charge in [0.1, 0.15) is 11.6 Å². The average Bonchev–Trinajstić information content (AvgIpc) is 3.09. The fourth-order valence-electron chi connectivity index (χ4n) is 3.20. The highest BCUT2D eigenvalue weighted by molar-refractivity contribution is 6.17. The molecule has 2 fully saturated rings. The number of anilines is 1. The van der Waals surface area contributed by atoms with Gasteiger partial charge in [-0.15, -0.1) is 11.6 Å². The van der Waals surface area contributed by atoms with Gasteiger partial charge in [0, 0.05) is 24.7 Å². The van der Waals surface area contributed by atoms with Crippen molar-refractivity contribution in [3.63, 3.8) is 0 Å². The molecule has 2 aliphatic heterocycles. The molecule has 3 heterocycles. The first-order valence-electron chi connectivity index (χ1n) is 6.97. The quantitative estimate of drug-likeness (QED) is 0.795. The van der Waals surface area contributed by atoms with Crippen LogP contribution in [0.4, 0.5) is 10.2 Å². The number of hydrogen-bond acceptors (Lipinski definition) is 3. The molecule has 0 bridgehead atoms. The van der Waals surface area contributed by atoms with E-state index in [-0.39, 0.29) is 5.82 Å². The maximum absolute atomic E-state index is 13.2. The van der Waals surface area contributed by atoms with Crippen LogP contribution in [0.1, 0.15) is 24.8 Å². The van der Waals surface area contributed by atoms with Gasteiger partial charge < -0.3 is 4.90 Å². The lowest BCUT2D eigenvalue weighted by Gasteiger charge is -2.24. The van der Waals surface area contributed by atoms with Gasteiger partial charge in [0.25, 0.3) is 0 Å². The van der Waals surface area contributed by atoms with Gasteiger partial charge in [-0.25, -0.2) is 9.37 Å². The number of rotatable bonds is 3. The largest absolute Gasteiger partial charge is 0.355 e. The van der Waals surface area contributed by atoms with E-state index >= 15 is 0 Å². The lowest BCUT2D eigenvalue weighted by molar-refractivity contribution is 0.260. The van der Waals surface area contributed by atoms with Gasteiger partial charge in [0.2, 0.25) is 0 Å². The number of aromatic nitrogens is 1. The monoisotopic (exact) mass is 283 g/mol. The Balaban J connectivity index is 1.73. The molecule has 1 unspecified atom stereocenters. The van der Waals surface area contributed by atoms with Crippen molar-refractivity contribution in [2.45, 2.75) is 31.2 Å². The first kappa shape index (κ1) is 13.1. The predicted molar refractivity (Wildman–Crippen MR) is 75.2 cm³/mol. The topological polar surface area (TPSA) is 19.4 Å². The fourth-order valence-corrected chi connectivity index (χ4v) is 3.39. The van der Waals surface area contributed by atoms with E-state index in [1.165, 1.54) is 44.6 Å². The summed E-state index contributed by atoms with van der Waals surface area (Å²) in [5, 5.41) is 0. The minimum atomic E-state index is -0.310. The second-order valence-electron chi connectivity index (χ2n) is 5.40. The van der Waals surface area contributed by atoms with Crippen LogP contribution in [0, 0.1) is 5.82 Å². The molecule has 2 saturated heterocycles. The standard InChI is InChI=1S/C14H19ClFN3/c15-8-11-7-12(16)9-17-14(11)19-6-3-13(10-19)18-4-1-2-5-18/h7,9,13H,1-6,8,10H2. The zero-order chi connectivity index (χ0) is 13.2. The molecule has 0 aromatic carbocycles. The second-order valence-corrected chi connectivity index (χ2v) is 5.67. The molecule has 1 aromatic rings. The van der Waals surface area contributed by atoms with Gasteiger partial charge in [0.05, 0.1) is 12.1 Å². The highest BCUT2D eigenvalue weighted by atomic mass is 35.5. The highest BCUT2D eigenvalue weighted by Crippen LogP contribution is 2.27. The summed E-state index contributed by atoms with van der Waals surface area (Å²) in [7, 11) is 0. The summed E-state index contributed by atoms with van der Waals surface area (Å²) in [6.07, 6.45) is 5.09. The summed E-state index contributed by atoms with van der Waals surface area (Å²) in [5.41, 5.74) is 0.795. The lowest BCUT2D eigenvalue weighted by Crippen LogP contribution is -2.35. The molecule has 3 rings (SSSR count). The molecule has 3 nitrogen and oxygen atoms in total. The van der Waals surface area contributed by atoms with Gasteiger partial charge in [-0.2, -0.15) is 0 Å². The summed E-state index contributed by atoms with van der Waals surface area (Å²) in [5.74, 6) is 0.859. The van der Waals surface area contributed by atoms with Crippen molar-refractivity contribution in [1.82, 2.24) is 9.88 Å². The maximum atomic E-state index is 13.2. The Morgan fingerprint density at radius 2 is 2.11 bits per heavy atom. The average molecular weight is 284 g/mol. The SMILES string of the molecule is Fc1cnc(N2CCC(N3CCCC3)C2)c(CCl)c1. The van der Waals surface area contributed by atoms with E-state index in [9.17, 15) is 4.39 Å². The van der Waals surface area contributed by atoms with Crippen molar-refractivity contribution in [3.8, 4) is 0 Å². The second kappa shape index (κ2) is 5.63. The molecule has 0 saturated carbocycles. The zero-order valence-electron chi connectivity index (χ0n) is 11.0. The third-order valence-electron chi connectivity index (χ3n) is 4.17. The molecule has 0 amide bonds. The molecular formula is C14H19ClFN3. The first-order valence-corrected chi connectivity index (χ1v) is 7.51. The van der Waals surface area contributed by atoms with Crippen LogP contribution in [0.3, 0.4) is 0 Å². The number of pyridine rings is 1. The molecule has 1 aromatic heterocycles. The molecule has 1 atom stereocenters. The number of likely N-dealkylation sites (tertiary alicyclic amines) is 1. The molecule has 19 heavy (non-hydrogen) atoms. The van der Waals surface area contributed by atoms with E-state index in [1.54, 1.807) is 0 Å². The molecule has 0 spiro atoms. The zero-order valence-corrected chi connectivity index (χ0v) is 11.7. The van der Waals surface area contributed by atoms with Crippen molar-refractivity contribution >= 4 is 17.4 Å². The van der Waals surface area contributed by atoms with Gasteiger partial charge in [-0.05, 0) is 38.4 Å². The fraction of sp³-hybridized carbons (Fsp3) is 0.643. The van der Waals surface area contributed by atoms with Crippen molar-refractivity contribution < 1.29 is 4.39 Å². The maximum Gasteiger partial charge on any atom is 0.141 e. The van der Waals surface area contributed by atoms with E-state index in [4.69, 9.17) is 11.6 Å². The summed E-state index contributed by atoms with van der Waals surface area (Å²) in [6.45, 7) is 4.42. The van der Waals surface area contributed by atoms with Crippen LogP contribution in [-0.2, 0) is 5.88 Å². The van der Waals surface area contributed by atoms with Gasteiger partial charge in [-0.1, -0.05) is 0 Å². The Bertz CT molecular complexity index is 448. The molecule has 2 aliphatic rings. The Morgan fingerprint density at radius 1 is 1.32 bits per heavy atom. The van der Waals surface area contributed by atoms with Crippen LogP contribution in [0.5, 0.6) is 0 Å². The number of hydrogen-bond donors (Lipinski definition) is 0. The molecule has 0 aliphatic carbocycles. The van der Waals surface area contributed by atoms with Crippen LogP contribution in [-0.4, -0.2) is 42.1 Å². The predicted octanol–water partition coefficient (Wildman–Crippen LogP) is 2.63. The Labute approximate surface area is 118 Å². The summed E-state index contributed by atoms with van der Waals surface area (Å²) in [6, 6.07) is 2.12. The van der Waals surface area contributed by atoms with E-state index < -0.39 is 0 Å². The highest BCUT2D eigenvalue weighted by Gasteiger charge is 2.30. The van der Waals surface area contributed by atoms with Crippen molar-refractivity contribution in [1.29, 1.82) is 0 Å². The lowest BCUT2D eigenvalue weighted by atomic mass is 10.2. The summed E-state index contributed by atoms with van der Waals surface area (Å²) >= 11 is 5.90.